The van der Waals surface area contributed by atoms with E-state index in [4.69, 9.17) is 4.74 Å². The number of methoxy groups -OCH3 is 1. The molecule has 0 fully saturated rings. The largest absolute Gasteiger partial charge is 0.497 e. The van der Waals surface area contributed by atoms with Gasteiger partial charge in [0, 0.05) is 27.6 Å². The van der Waals surface area contributed by atoms with Crippen LogP contribution in [0.25, 0.3) is 0 Å². The van der Waals surface area contributed by atoms with Crippen LogP contribution in [0.4, 0.5) is 17.2 Å². The predicted octanol–water partition coefficient (Wildman–Crippen LogP) is 4.85. The molecular formula is C19H16BrN3O2. The number of benzene rings is 2. The minimum Gasteiger partial charge on any atom is -0.497 e. The number of halogens is 1. The number of amides is 1. The van der Waals surface area contributed by atoms with Gasteiger partial charge in [0.2, 0.25) is 0 Å². The van der Waals surface area contributed by atoms with E-state index >= 15 is 0 Å². The molecule has 0 unspecified atom stereocenters. The lowest BCUT2D eigenvalue weighted by atomic mass is 10.2. The van der Waals surface area contributed by atoms with Crippen LogP contribution in [0.2, 0.25) is 0 Å². The standard InChI is InChI=1S/C19H16BrN3O2/c1-25-17-8-6-15(7-9-17)22-18-12-13(10-11-21-18)19(24)23-16-4-2-14(20)3-5-16/h2-12H,1H3,(H,21,22)(H,23,24). The van der Waals surface area contributed by atoms with Crippen LogP contribution in [0, 0.1) is 0 Å². The van der Waals surface area contributed by atoms with Gasteiger partial charge in [0.15, 0.2) is 0 Å². The Balaban J connectivity index is 1.71. The first-order valence-electron chi connectivity index (χ1n) is 7.58. The smallest absolute Gasteiger partial charge is 0.255 e. The van der Waals surface area contributed by atoms with Gasteiger partial charge < -0.3 is 15.4 Å². The number of nitrogens with one attached hydrogen (secondary N) is 2. The van der Waals surface area contributed by atoms with Gasteiger partial charge in [-0.1, -0.05) is 15.9 Å². The van der Waals surface area contributed by atoms with Gasteiger partial charge in [0.1, 0.15) is 11.6 Å². The van der Waals surface area contributed by atoms with E-state index < -0.39 is 0 Å². The average Bonchev–Trinajstić information content (AvgIpc) is 2.64. The number of carbonyl (C=O) groups is 1. The monoisotopic (exact) mass is 397 g/mol. The molecule has 1 amide bonds. The highest BCUT2D eigenvalue weighted by molar-refractivity contribution is 9.10. The molecule has 0 saturated carbocycles. The number of ether oxygens (including phenoxy) is 1. The number of pyridine rings is 1. The molecule has 126 valence electrons. The maximum Gasteiger partial charge on any atom is 0.255 e. The maximum absolute atomic E-state index is 12.4. The highest BCUT2D eigenvalue weighted by atomic mass is 79.9. The van der Waals surface area contributed by atoms with E-state index in [0.717, 1.165) is 21.6 Å². The molecule has 0 aliphatic carbocycles. The second kappa shape index (κ2) is 7.81. The molecule has 0 saturated heterocycles. The summed E-state index contributed by atoms with van der Waals surface area (Å²) >= 11 is 3.37. The van der Waals surface area contributed by atoms with Crippen LogP contribution in [-0.2, 0) is 0 Å². The summed E-state index contributed by atoms with van der Waals surface area (Å²) in [5.74, 6) is 1.18. The zero-order valence-corrected chi connectivity index (χ0v) is 15.1. The number of nitrogens with zero attached hydrogens (tertiary/aromatic N) is 1. The van der Waals surface area contributed by atoms with Gasteiger partial charge in [-0.2, -0.15) is 0 Å². The summed E-state index contributed by atoms with van der Waals surface area (Å²) in [6, 6.07) is 18.3. The first-order chi connectivity index (χ1) is 12.1. The van der Waals surface area contributed by atoms with E-state index in [9.17, 15) is 4.79 Å². The van der Waals surface area contributed by atoms with Crippen molar-refractivity contribution in [2.24, 2.45) is 0 Å². The van der Waals surface area contributed by atoms with Crippen LogP contribution >= 0.6 is 15.9 Å². The van der Waals surface area contributed by atoms with Gasteiger partial charge in [0.25, 0.3) is 5.91 Å². The second-order valence-electron chi connectivity index (χ2n) is 5.24. The highest BCUT2D eigenvalue weighted by Crippen LogP contribution is 2.20. The summed E-state index contributed by atoms with van der Waals surface area (Å²) in [4.78, 5) is 16.6. The zero-order chi connectivity index (χ0) is 17.6. The van der Waals surface area contributed by atoms with Crippen LogP contribution in [0.15, 0.2) is 71.3 Å². The van der Waals surface area contributed by atoms with E-state index in [0.29, 0.717) is 11.4 Å². The molecule has 2 N–H and O–H groups in total. The molecule has 1 heterocycles. The molecule has 3 aromatic rings. The molecule has 0 bridgehead atoms. The van der Waals surface area contributed by atoms with Crippen molar-refractivity contribution in [3.63, 3.8) is 0 Å². The third-order valence-electron chi connectivity index (χ3n) is 3.49. The average molecular weight is 398 g/mol. The van der Waals surface area contributed by atoms with Crippen LogP contribution in [0.3, 0.4) is 0 Å². The van der Waals surface area contributed by atoms with Crippen LogP contribution in [0.1, 0.15) is 10.4 Å². The SMILES string of the molecule is COc1ccc(Nc2cc(C(=O)Nc3ccc(Br)cc3)ccn2)cc1. The molecule has 0 aliphatic rings. The number of hydrogen-bond acceptors (Lipinski definition) is 4. The van der Waals surface area contributed by atoms with Crippen LogP contribution < -0.4 is 15.4 Å². The first kappa shape index (κ1) is 17.0. The predicted molar refractivity (Wildman–Crippen MR) is 103 cm³/mol. The van der Waals surface area contributed by atoms with Crippen LogP contribution in [-0.4, -0.2) is 18.0 Å². The maximum atomic E-state index is 12.4. The fourth-order valence-electron chi connectivity index (χ4n) is 2.20. The molecule has 6 heteroatoms. The molecule has 2 aromatic carbocycles. The van der Waals surface area contributed by atoms with Crippen molar-refractivity contribution < 1.29 is 9.53 Å². The van der Waals surface area contributed by atoms with Crippen molar-refractivity contribution >= 4 is 39.0 Å². The van der Waals surface area contributed by atoms with E-state index in [1.165, 1.54) is 0 Å². The molecule has 3 rings (SSSR count). The Morgan fingerprint density at radius 2 is 1.68 bits per heavy atom. The molecule has 0 radical (unpaired) electrons. The summed E-state index contributed by atoms with van der Waals surface area (Å²) in [5.41, 5.74) is 2.11. The number of anilines is 3. The third kappa shape index (κ3) is 4.58. The minimum atomic E-state index is -0.192. The third-order valence-corrected chi connectivity index (χ3v) is 4.02. The van der Waals surface area contributed by atoms with Gasteiger partial charge in [-0.15, -0.1) is 0 Å². The first-order valence-corrected chi connectivity index (χ1v) is 8.37. The van der Waals surface area contributed by atoms with E-state index in [-0.39, 0.29) is 5.91 Å². The topological polar surface area (TPSA) is 63.2 Å². The number of hydrogen-bond donors (Lipinski definition) is 2. The van der Waals surface area contributed by atoms with Crippen LogP contribution in [0.5, 0.6) is 5.75 Å². The Labute approximate surface area is 154 Å². The van der Waals surface area contributed by atoms with Crippen molar-refractivity contribution in [2.45, 2.75) is 0 Å². The Morgan fingerprint density at radius 3 is 2.36 bits per heavy atom. The molecular weight excluding hydrogens is 382 g/mol. The Kier molecular flexibility index (Phi) is 5.30. The quantitative estimate of drug-likeness (QED) is 0.645. The summed E-state index contributed by atoms with van der Waals surface area (Å²) in [6.45, 7) is 0. The van der Waals surface area contributed by atoms with Gasteiger partial charge >= 0.3 is 0 Å². The summed E-state index contributed by atoms with van der Waals surface area (Å²) in [5, 5.41) is 6.03. The number of carbonyl (C=O) groups excluding carboxylic acids is 1. The zero-order valence-electron chi connectivity index (χ0n) is 13.5. The Hall–Kier alpha value is -2.86. The molecule has 25 heavy (non-hydrogen) atoms. The van der Waals surface area contributed by atoms with Crippen molar-refractivity contribution in [1.82, 2.24) is 4.98 Å². The lowest BCUT2D eigenvalue weighted by Gasteiger charge is -2.09. The lowest BCUT2D eigenvalue weighted by Crippen LogP contribution is -2.12. The second-order valence-corrected chi connectivity index (χ2v) is 6.16. The minimum absolute atomic E-state index is 0.192. The van der Waals surface area contributed by atoms with Crippen molar-refractivity contribution in [3.8, 4) is 5.75 Å². The summed E-state index contributed by atoms with van der Waals surface area (Å²) in [6.07, 6.45) is 1.60. The van der Waals surface area contributed by atoms with Crippen molar-refractivity contribution in [2.75, 3.05) is 17.7 Å². The molecule has 5 nitrogen and oxygen atoms in total. The van der Waals surface area contributed by atoms with Crippen molar-refractivity contribution in [1.29, 1.82) is 0 Å². The fourth-order valence-corrected chi connectivity index (χ4v) is 2.46. The molecule has 0 atom stereocenters. The Bertz CT molecular complexity index is 865. The van der Waals surface area contributed by atoms with Gasteiger partial charge in [0.05, 0.1) is 7.11 Å². The summed E-state index contributed by atoms with van der Waals surface area (Å²) < 4.78 is 6.09. The van der Waals surface area contributed by atoms with E-state index in [1.54, 1.807) is 25.4 Å². The van der Waals surface area contributed by atoms with Gasteiger partial charge in [-0.25, -0.2) is 4.98 Å². The van der Waals surface area contributed by atoms with Gasteiger partial charge in [-0.3, -0.25) is 4.79 Å². The number of aromatic nitrogens is 1. The highest BCUT2D eigenvalue weighted by Gasteiger charge is 2.08. The lowest BCUT2D eigenvalue weighted by molar-refractivity contribution is 0.102. The van der Waals surface area contributed by atoms with Crippen molar-refractivity contribution in [3.05, 3.63) is 76.9 Å². The normalized spacial score (nSPS) is 10.2. The summed E-state index contributed by atoms with van der Waals surface area (Å²) in [7, 11) is 1.62. The number of rotatable bonds is 5. The van der Waals surface area contributed by atoms with E-state index in [1.807, 2.05) is 48.5 Å². The Morgan fingerprint density at radius 1 is 1.00 bits per heavy atom. The molecule has 0 spiro atoms. The fraction of sp³-hybridized carbons (Fsp3) is 0.0526. The van der Waals surface area contributed by atoms with Gasteiger partial charge in [-0.05, 0) is 60.7 Å². The molecule has 1 aromatic heterocycles. The molecule has 0 aliphatic heterocycles. The van der Waals surface area contributed by atoms with E-state index in [2.05, 4.69) is 31.5 Å².